The zero-order valence-electron chi connectivity index (χ0n) is 15.4. The average Bonchev–Trinajstić information content (AvgIpc) is 2.96. The van der Waals surface area contributed by atoms with Gasteiger partial charge in [-0.05, 0) is 31.5 Å². The predicted octanol–water partition coefficient (Wildman–Crippen LogP) is 0.962. The number of rotatable bonds is 7. The number of carbonyl (C=O) groups excluding carboxylic acids is 2. The molecule has 26 heavy (non-hydrogen) atoms. The van der Waals surface area contributed by atoms with Crippen LogP contribution in [0.4, 0.5) is 5.69 Å². The molecular formula is C18H24N2O6. The summed E-state index contributed by atoms with van der Waals surface area (Å²) in [4.78, 5) is 37.9. The van der Waals surface area contributed by atoms with Crippen molar-refractivity contribution in [3.63, 3.8) is 0 Å². The Morgan fingerprint density at radius 2 is 2.08 bits per heavy atom. The van der Waals surface area contributed by atoms with E-state index in [1.54, 1.807) is 6.07 Å². The van der Waals surface area contributed by atoms with Crippen LogP contribution in [0.15, 0.2) is 18.2 Å². The number of benzene rings is 1. The standard InChI is InChI=1S/C18H24N2O6/c1-11-5-6-14(26-4)13(7-11)20-9-12(8-15(20)21)16(22)19-18(2,10-25-3)17(23)24/h5-7,12H,8-10H2,1-4H3,(H,19,22)(H,23,24). The van der Waals surface area contributed by atoms with Crippen LogP contribution in [0.2, 0.25) is 0 Å². The topological polar surface area (TPSA) is 105 Å². The number of carbonyl (C=O) groups is 3. The molecule has 2 amide bonds. The van der Waals surface area contributed by atoms with E-state index in [9.17, 15) is 19.5 Å². The van der Waals surface area contributed by atoms with Gasteiger partial charge in [0.05, 0.1) is 25.3 Å². The summed E-state index contributed by atoms with van der Waals surface area (Å²) in [5, 5.41) is 11.8. The number of carboxylic acid groups (broad SMARTS) is 1. The third-order valence-corrected chi connectivity index (χ3v) is 4.43. The number of aliphatic carboxylic acids is 1. The Hall–Kier alpha value is -2.61. The van der Waals surface area contributed by atoms with Gasteiger partial charge in [0.25, 0.3) is 0 Å². The van der Waals surface area contributed by atoms with E-state index in [0.29, 0.717) is 11.4 Å². The number of carboxylic acids is 1. The Balaban J connectivity index is 2.18. The number of aryl methyl sites for hydroxylation is 1. The minimum absolute atomic E-state index is 0.00557. The van der Waals surface area contributed by atoms with Gasteiger partial charge in [-0.2, -0.15) is 0 Å². The molecule has 1 fully saturated rings. The molecule has 0 aliphatic carbocycles. The molecule has 1 heterocycles. The number of anilines is 1. The zero-order chi connectivity index (χ0) is 19.5. The first-order valence-electron chi connectivity index (χ1n) is 8.21. The Kier molecular flexibility index (Phi) is 5.86. The molecular weight excluding hydrogens is 340 g/mol. The van der Waals surface area contributed by atoms with E-state index in [-0.39, 0.29) is 25.5 Å². The van der Waals surface area contributed by atoms with Gasteiger partial charge in [0, 0.05) is 20.1 Å². The van der Waals surface area contributed by atoms with Crippen LogP contribution in [0, 0.1) is 12.8 Å². The molecule has 1 aliphatic rings. The highest BCUT2D eigenvalue weighted by Crippen LogP contribution is 2.34. The van der Waals surface area contributed by atoms with Crippen LogP contribution in [-0.2, 0) is 19.1 Å². The van der Waals surface area contributed by atoms with Gasteiger partial charge in [-0.1, -0.05) is 6.07 Å². The Bertz CT molecular complexity index is 720. The van der Waals surface area contributed by atoms with Gasteiger partial charge < -0.3 is 24.8 Å². The second-order valence-corrected chi connectivity index (χ2v) is 6.64. The van der Waals surface area contributed by atoms with Crippen molar-refractivity contribution >= 4 is 23.5 Å². The molecule has 1 aliphatic heterocycles. The average molecular weight is 364 g/mol. The van der Waals surface area contributed by atoms with Gasteiger partial charge in [-0.3, -0.25) is 9.59 Å². The molecule has 0 aromatic heterocycles. The van der Waals surface area contributed by atoms with Gasteiger partial charge in [-0.25, -0.2) is 4.79 Å². The second kappa shape index (κ2) is 7.74. The van der Waals surface area contributed by atoms with Crippen molar-refractivity contribution in [3.8, 4) is 5.75 Å². The van der Waals surface area contributed by atoms with Crippen LogP contribution in [0.1, 0.15) is 18.9 Å². The van der Waals surface area contributed by atoms with Gasteiger partial charge in [-0.15, -0.1) is 0 Å². The third-order valence-electron chi connectivity index (χ3n) is 4.43. The van der Waals surface area contributed by atoms with Crippen LogP contribution in [0.5, 0.6) is 5.75 Å². The zero-order valence-corrected chi connectivity index (χ0v) is 15.4. The van der Waals surface area contributed by atoms with Gasteiger partial charge in [0.2, 0.25) is 11.8 Å². The number of hydrogen-bond donors (Lipinski definition) is 2. The lowest BCUT2D eigenvalue weighted by atomic mass is 10.0. The maximum absolute atomic E-state index is 12.5. The lowest BCUT2D eigenvalue weighted by Gasteiger charge is -2.27. The number of amides is 2. The molecule has 0 saturated carbocycles. The van der Waals surface area contributed by atoms with E-state index in [2.05, 4.69) is 5.32 Å². The third kappa shape index (κ3) is 3.96. The molecule has 1 saturated heterocycles. The van der Waals surface area contributed by atoms with Gasteiger partial charge in [0.1, 0.15) is 5.75 Å². The number of nitrogens with zero attached hydrogens (tertiary/aromatic N) is 1. The smallest absolute Gasteiger partial charge is 0.331 e. The molecule has 0 bridgehead atoms. The van der Waals surface area contributed by atoms with Crippen molar-refractivity contribution in [1.29, 1.82) is 0 Å². The summed E-state index contributed by atoms with van der Waals surface area (Å²) < 4.78 is 10.2. The summed E-state index contributed by atoms with van der Waals surface area (Å²) in [6, 6.07) is 5.46. The number of ether oxygens (including phenoxy) is 2. The van der Waals surface area contributed by atoms with Crippen LogP contribution in [0.25, 0.3) is 0 Å². The molecule has 0 radical (unpaired) electrons. The predicted molar refractivity (Wildman–Crippen MR) is 94.3 cm³/mol. The first-order chi connectivity index (χ1) is 12.2. The summed E-state index contributed by atoms with van der Waals surface area (Å²) in [5.74, 6) is -2.01. The Morgan fingerprint density at radius 1 is 1.38 bits per heavy atom. The molecule has 0 spiro atoms. The molecule has 2 unspecified atom stereocenters. The molecule has 1 aromatic rings. The fourth-order valence-electron chi connectivity index (χ4n) is 2.94. The monoisotopic (exact) mass is 364 g/mol. The normalized spacial score (nSPS) is 19.2. The van der Waals surface area contributed by atoms with E-state index in [4.69, 9.17) is 9.47 Å². The van der Waals surface area contributed by atoms with Crippen molar-refractivity contribution in [2.24, 2.45) is 5.92 Å². The fourth-order valence-corrected chi connectivity index (χ4v) is 2.94. The summed E-state index contributed by atoms with van der Waals surface area (Å²) >= 11 is 0. The van der Waals surface area contributed by atoms with E-state index >= 15 is 0 Å². The summed E-state index contributed by atoms with van der Waals surface area (Å²) in [5.41, 5.74) is 0.00861. The molecule has 2 atom stereocenters. The van der Waals surface area contributed by atoms with Crippen LogP contribution in [-0.4, -0.2) is 55.8 Å². The molecule has 1 aromatic carbocycles. The summed E-state index contributed by atoms with van der Waals surface area (Å²) in [6.45, 7) is 3.25. The van der Waals surface area contributed by atoms with E-state index in [1.165, 1.54) is 26.0 Å². The molecule has 8 nitrogen and oxygen atoms in total. The summed E-state index contributed by atoms with van der Waals surface area (Å²) in [7, 11) is 2.88. The van der Waals surface area contributed by atoms with Crippen LogP contribution < -0.4 is 15.0 Å². The quantitative estimate of drug-likeness (QED) is 0.747. The van der Waals surface area contributed by atoms with E-state index in [1.807, 2.05) is 19.1 Å². The van der Waals surface area contributed by atoms with Crippen molar-refractivity contribution < 1.29 is 29.0 Å². The van der Waals surface area contributed by atoms with Crippen molar-refractivity contribution in [3.05, 3.63) is 23.8 Å². The lowest BCUT2D eigenvalue weighted by Crippen LogP contribution is -2.56. The maximum Gasteiger partial charge on any atom is 0.331 e. The van der Waals surface area contributed by atoms with Crippen molar-refractivity contribution in [1.82, 2.24) is 5.32 Å². The highest BCUT2D eigenvalue weighted by atomic mass is 16.5. The van der Waals surface area contributed by atoms with E-state index < -0.39 is 23.3 Å². The highest BCUT2D eigenvalue weighted by Gasteiger charge is 2.41. The first kappa shape index (κ1) is 19.7. The molecule has 8 heteroatoms. The Morgan fingerprint density at radius 3 is 2.65 bits per heavy atom. The second-order valence-electron chi connectivity index (χ2n) is 6.64. The van der Waals surface area contributed by atoms with E-state index in [0.717, 1.165) is 5.56 Å². The van der Waals surface area contributed by atoms with Crippen LogP contribution >= 0.6 is 0 Å². The molecule has 142 valence electrons. The minimum atomic E-state index is -1.55. The molecule has 2 N–H and O–H groups in total. The largest absolute Gasteiger partial charge is 0.495 e. The maximum atomic E-state index is 12.5. The molecule has 2 rings (SSSR count). The van der Waals surface area contributed by atoms with Gasteiger partial charge >= 0.3 is 5.97 Å². The minimum Gasteiger partial charge on any atom is -0.495 e. The Labute approximate surface area is 152 Å². The highest BCUT2D eigenvalue weighted by molar-refractivity contribution is 6.02. The number of nitrogens with one attached hydrogen (secondary N) is 1. The number of methoxy groups -OCH3 is 2. The first-order valence-corrected chi connectivity index (χ1v) is 8.21. The SMILES string of the molecule is COCC(C)(NC(=O)C1CC(=O)N(c2cc(C)ccc2OC)C1)C(=O)O. The van der Waals surface area contributed by atoms with Crippen molar-refractivity contribution in [2.45, 2.75) is 25.8 Å². The van der Waals surface area contributed by atoms with Gasteiger partial charge in [0.15, 0.2) is 5.54 Å². The number of hydrogen-bond acceptors (Lipinski definition) is 5. The fraction of sp³-hybridized carbons (Fsp3) is 0.500. The summed E-state index contributed by atoms with van der Waals surface area (Å²) in [6.07, 6.45) is 0.00557. The lowest BCUT2D eigenvalue weighted by molar-refractivity contribution is -0.149. The van der Waals surface area contributed by atoms with Crippen molar-refractivity contribution in [2.75, 3.05) is 32.3 Å². The van der Waals surface area contributed by atoms with Crippen LogP contribution in [0.3, 0.4) is 0 Å².